The molecule has 1 N–H and O–H groups in total. The number of sulfonamides is 1. The van der Waals surface area contributed by atoms with E-state index in [4.69, 9.17) is 32.7 Å². The lowest BCUT2D eigenvalue weighted by Crippen LogP contribution is -2.42. The van der Waals surface area contributed by atoms with E-state index >= 15 is 0 Å². The molecule has 1 aliphatic heterocycles. The molecule has 3 heterocycles. The Morgan fingerprint density at radius 2 is 1.90 bits per heavy atom. The van der Waals surface area contributed by atoms with Crippen LogP contribution < -0.4 is 14.5 Å². The summed E-state index contributed by atoms with van der Waals surface area (Å²) in [4.78, 5) is 20.4. The molecule has 2 fully saturated rings. The monoisotopic (exact) mass is 645 g/mol. The third kappa shape index (κ3) is 6.80. The van der Waals surface area contributed by atoms with E-state index in [1.54, 1.807) is 7.05 Å². The van der Waals surface area contributed by atoms with Gasteiger partial charge in [0.25, 0.3) is 10.0 Å². The molecule has 2 aliphatic rings. The van der Waals surface area contributed by atoms with Gasteiger partial charge in [0.05, 0.1) is 6.61 Å². The van der Waals surface area contributed by atoms with Gasteiger partial charge in [0.15, 0.2) is 23.9 Å². The molecule has 2 atom stereocenters. The van der Waals surface area contributed by atoms with E-state index in [-0.39, 0.29) is 46.1 Å². The normalized spacial score (nSPS) is 18.3. The molecule has 0 spiro atoms. The number of carbonyl (C=O) groups is 1. The van der Waals surface area contributed by atoms with E-state index in [0.29, 0.717) is 30.1 Å². The Hall–Kier alpha value is -3.00. The number of H-pyrrole nitrogens is 1. The molecule has 2 aromatic heterocycles. The van der Waals surface area contributed by atoms with Crippen molar-refractivity contribution < 1.29 is 41.2 Å². The maximum Gasteiger partial charge on any atom is 0.387 e. The van der Waals surface area contributed by atoms with Crippen molar-refractivity contribution in [1.82, 2.24) is 13.9 Å². The van der Waals surface area contributed by atoms with Gasteiger partial charge in [-0.05, 0) is 49.3 Å². The predicted molar refractivity (Wildman–Crippen MR) is 147 cm³/mol. The first-order valence-corrected chi connectivity index (χ1v) is 15.5. The topological polar surface area (TPSA) is 114 Å². The molecule has 0 unspecified atom stereocenters. The number of esters is 1. The highest BCUT2D eigenvalue weighted by molar-refractivity contribution is 7.89. The Morgan fingerprint density at radius 3 is 2.55 bits per heavy atom. The van der Waals surface area contributed by atoms with Gasteiger partial charge in [-0.1, -0.05) is 29.3 Å². The highest BCUT2D eigenvalue weighted by atomic mass is 35.5. The summed E-state index contributed by atoms with van der Waals surface area (Å²) in [6.45, 7) is -2.63. The third-order valence-electron chi connectivity index (χ3n) is 7.16. The Kier molecular flexibility index (Phi) is 9.21. The number of aromatic nitrogens is 3. The first-order chi connectivity index (χ1) is 20.0. The van der Waals surface area contributed by atoms with Crippen LogP contribution >= 0.6 is 23.2 Å². The number of imidazole rings is 1. The van der Waals surface area contributed by atoms with E-state index < -0.39 is 34.7 Å². The first kappa shape index (κ1) is 30.5. The van der Waals surface area contributed by atoms with Crippen LogP contribution in [0.1, 0.15) is 42.9 Å². The lowest BCUT2D eigenvalue weighted by atomic mass is 10.0. The molecule has 0 amide bonds. The van der Waals surface area contributed by atoms with Gasteiger partial charge in [-0.3, -0.25) is 4.79 Å². The number of ether oxygens (including phenoxy) is 3. The summed E-state index contributed by atoms with van der Waals surface area (Å²) in [5.41, 5.74) is 0.861. The van der Waals surface area contributed by atoms with Gasteiger partial charge in [-0.25, -0.2) is 18.4 Å². The minimum absolute atomic E-state index is 0.00798. The highest BCUT2D eigenvalue weighted by Crippen LogP contribution is 2.38. The standard InChI is InChI=1S/C27H28Cl2F2N4O6S/c1-34-10-8-33-27(34)42(37,38)35-9-2-3-21(35)25(36)40-23(12-18-19(28)13-32-14-20(18)29)17-6-7-22(41-26(30)31)24(11-17)39-15-16-4-5-16/h6-8,10-11,13-14,16,21,23,26H,2-5,9,12,15H2,1H3/p+1/t21-,23-/m0/s1. The number of nitrogens with zero attached hydrogens (tertiary/aromatic N) is 3. The van der Waals surface area contributed by atoms with Gasteiger partial charge >= 0.3 is 12.6 Å². The second-order valence-electron chi connectivity index (χ2n) is 10.2. The summed E-state index contributed by atoms with van der Waals surface area (Å²) in [6.07, 6.45) is 7.52. The second-order valence-corrected chi connectivity index (χ2v) is 12.8. The van der Waals surface area contributed by atoms with Crippen molar-refractivity contribution in [3.05, 3.63) is 64.2 Å². The van der Waals surface area contributed by atoms with Crippen molar-refractivity contribution >= 4 is 39.2 Å². The molecule has 10 nitrogen and oxygen atoms in total. The van der Waals surface area contributed by atoms with E-state index in [2.05, 4.69) is 14.7 Å². The van der Waals surface area contributed by atoms with Gasteiger partial charge in [-0.2, -0.15) is 13.1 Å². The summed E-state index contributed by atoms with van der Waals surface area (Å²) in [6, 6.07) is 3.18. The zero-order chi connectivity index (χ0) is 30.0. The number of pyridine rings is 1. The zero-order valence-corrected chi connectivity index (χ0v) is 24.8. The minimum Gasteiger partial charge on any atom is -0.489 e. The van der Waals surface area contributed by atoms with Crippen molar-refractivity contribution in [2.24, 2.45) is 13.0 Å². The number of benzene rings is 1. The molecule has 0 radical (unpaired) electrons. The van der Waals surface area contributed by atoms with E-state index in [0.717, 1.165) is 17.1 Å². The van der Waals surface area contributed by atoms with Crippen molar-refractivity contribution in [2.75, 3.05) is 13.2 Å². The Labute approximate surface area is 251 Å². The predicted octanol–water partition coefficient (Wildman–Crippen LogP) is 4.61. The molecule has 3 aromatic rings. The maximum atomic E-state index is 13.6. The largest absolute Gasteiger partial charge is 0.489 e. The number of carbonyl (C=O) groups excluding carboxylic acids is 1. The molecular weight excluding hydrogens is 617 g/mol. The molecule has 1 saturated carbocycles. The summed E-state index contributed by atoms with van der Waals surface area (Å²) < 4.78 is 71.9. The van der Waals surface area contributed by atoms with E-state index in [9.17, 15) is 22.0 Å². The third-order valence-corrected chi connectivity index (χ3v) is 9.75. The van der Waals surface area contributed by atoms with Gasteiger partial charge in [0.2, 0.25) is 5.16 Å². The molecule has 5 rings (SSSR count). The number of rotatable bonds is 12. The van der Waals surface area contributed by atoms with Crippen LogP contribution in [0.15, 0.2) is 48.1 Å². The second kappa shape index (κ2) is 12.7. The molecule has 1 aliphatic carbocycles. The smallest absolute Gasteiger partial charge is 0.387 e. The van der Waals surface area contributed by atoms with Crippen molar-refractivity contribution in [2.45, 2.75) is 56.0 Å². The number of hydrogen-bond donors (Lipinski definition) is 0. The van der Waals surface area contributed by atoms with Gasteiger partial charge in [0, 0.05) is 38.0 Å². The Bertz CT molecular complexity index is 1530. The van der Waals surface area contributed by atoms with Crippen LogP contribution in [0.2, 0.25) is 10.0 Å². The van der Waals surface area contributed by atoms with Crippen molar-refractivity contribution in [3.8, 4) is 11.5 Å². The van der Waals surface area contributed by atoms with Crippen LogP contribution in [0, 0.1) is 5.92 Å². The number of halogens is 4. The first-order valence-electron chi connectivity index (χ1n) is 13.3. The summed E-state index contributed by atoms with van der Waals surface area (Å²) >= 11 is 12.8. The summed E-state index contributed by atoms with van der Waals surface area (Å²) in [5, 5.41) is 0.377. The number of alkyl halides is 2. The lowest BCUT2D eigenvalue weighted by molar-refractivity contribution is -0.377. The van der Waals surface area contributed by atoms with Gasteiger partial charge < -0.3 is 18.8 Å². The van der Waals surface area contributed by atoms with Crippen LogP contribution in [0.5, 0.6) is 11.5 Å². The van der Waals surface area contributed by atoms with Crippen LogP contribution in [0.25, 0.3) is 0 Å². The molecule has 0 bridgehead atoms. The zero-order valence-electron chi connectivity index (χ0n) is 22.5. The fourth-order valence-corrected chi connectivity index (χ4v) is 7.05. The molecule has 15 heteroatoms. The molecule has 1 aromatic carbocycles. The van der Waals surface area contributed by atoms with E-state index in [1.807, 2.05) is 0 Å². The van der Waals surface area contributed by atoms with Crippen LogP contribution in [0.4, 0.5) is 8.78 Å². The molecular formula is C27H29Cl2F2N4O6S+. The van der Waals surface area contributed by atoms with Crippen molar-refractivity contribution in [3.63, 3.8) is 0 Å². The fraction of sp³-hybridized carbons (Fsp3) is 0.444. The maximum absolute atomic E-state index is 13.6. The number of hydrogen-bond acceptors (Lipinski definition) is 7. The Morgan fingerprint density at radius 1 is 1.17 bits per heavy atom. The highest BCUT2D eigenvalue weighted by Gasteiger charge is 2.43. The molecule has 1 saturated heterocycles. The van der Waals surface area contributed by atoms with E-state index in [1.165, 1.54) is 47.6 Å². The Balaban J connectivity index is 1.46. The number of nitrogens with one attached hydrogen (secondary N) is 1. The fourth-order valence-electron chi connectivity index (χ4n) is 4.80. The average Bonchev–Trinajstić information content (AvgIpc) is 3.42. The minimum atomic E-state index is -4.10. The summed E-state index contributed by atoms with van der Waals surface area (Å²) in [7, 11) is -2.55. The number of aromatic amines is 1. The van der Waals surface area contributed by atoms with Crippen molar-refractivity contribution in [1.29, 1.82) is 0 Å². The molecule has 42 heavy (non-hydrogen) atoms. The van der Waals surface area contributed by atoms with Crippen LogP contribution in [0.3, 0.4) is 0 Å². The van der Waals surface area contributed by atoms with Gasteiger partial charge in [0.1, 0.15) is 22.2 Å². The summed E-state index contributed by atoms with van der Waals surface area (Å²) in [5.74, 6) is -0.542. The number of aryl methyl sites for hydroxylation is 1. The lowest BCUT2D eigenvalue weighted by Gasteiger charge is -2.26. The van der Waals surface area contributed by atoms with Crippen LogP contribution in [-0.2, 0) is 33.0 Å². The van der Waals surface area contributed by atoms with Gasteiger partial charge in [-0.15, -0.1) is 0 Å². The quantitative estimate of drug-likeness (QED) is 0.264. The van der Waals surface area contributed by atoms with Crippen LogP contribution in [-0.4, -0.2) is 54.0 Å². The average molecular weight is 647 g/mol. The SMILES string of the molecule is Cn1ccnc1S(=O)(=O)N1CCC[C@H]1C(=O)O[C@@H](Cc1c(Cl)c[nH+]cc1Cl)c1ccc(OC(F)F)c(OCC2CC2)c1. The molecule has 226 valence electrons.